The molecule has 0 aromatic heterocycles. The van der Waals surface area contributed by atoms with Gasteiger partial charge in [-0.1, -0.05) is 51.2 Å². The Hall–Kier alpha value is -2.53. The number of allylic oxidation sites excluding steroid dienone is 3. The smallest absolute Gasteiger partial charge is 0.348 e. The number of nitriles is 1. The lowest BCUT2D eigenvalue weighted by Gasteiger charge is -2.03. The van der Waals surface area contributed by atoms with Crippen LogP contribution in [0, 0.1) is 17.9 Å². The number of aliphatic hydroxyl groups is 1. The lowest BCUT2D eigenvalue weighted by molar-refractivity contribution is -0.138. The van der Waals surface area contributed by atoms with Crippen LogP contribution in [0.25, 0.3) is 4.85 Å². The van der Waals surface area contributed by atoms with E-state index in [9.17, 15) is 4.79 Å². The van der Waals surface area contributed by atoms with Gasteiger partial charge in [-0.2, -0.15) is 5.26 Å². The van der Waals surface area contributed by atoms with Crippen LogP contribution in [0.4, 0.5) is 0 Å². The third-order valence-corrected chi connectivity index (χ3v) is 2.86. The van der Waals surface area contributed by atoms with E-state index >= 15 is 0 Å². The minimum atomic E-state index is -0.668. The van der Waals surface area contributed by atoms with E-state index in [0.717, 1.165) is 19.3 Å². The second kappa shape index (κ2) is 13.5. The predicted molar refractivity (Wildman–Crippen MR) is 84.5 cm³/mol. The lowest BCUT2D eigenvalue weighted by Crippen LogP contribution is -2.07. The fourth-order valence-electron chi connectivity index (χ4n) is 1.63. The Morgan fingerprint density at radius 2 is 2.00 bits per heavy atom. The van der Waals surface area contributed by atoms with Crippen molar-refractivity contribution in [2.75, 3.05) is 6.61 Å². The predicted octanol–water partition coefficient (Wildman–Crippen LogP) is 4.21. The van der Waals surface area contributed by atoms with Crippen LogP contribution in [0.1, 0.15) is 45.4 Å². The van der Waals surface area contributed by atoms with Crippen molar-refractivity contribution in [2.45, 2.75) is 45.4 Å². The summed E-state index contributed by atoms with van der Waals surface area (Å²) in [5, 5.41) is 17.6. The topological polar surface area (TPSA) is 74.7 Å². The Kier molecular flexibility index (Phi) is 11.9. The van der Waals surface area contributed by atoms with Crippen molar-refractivity contribution in [2.24, 2.45) is 0 Å². The Bertz CT molecular complexity index is 505. The van der Waals surface area contributed by atoms with Crippen LogP contribution in [-0.4, -0.2) is 17.7 Å². The van der Waals surface area contributed by atoms with Crippen LogP contribution in [0.2, 0.25) is 0 Å². The highest BCUT2D eigenvalue weighted by atomic mass is 16.5. The highest BCUT2D eigenvalue weighted by Crippen LogP contribution is 2.06. The molecule has 5 heteroatoms. The van der Waals surface area contributed by atoms with Gasteiger partial charge in [-0.15, -0.1) is 0 Å². The monoisotopic (exact) mass is 302 g/mol. The number of carbonyl (C=O) groups excluding carboxylic acids is 1. The molecule has 0 saturated heterocycles. The Labute approximate surface area is 132 Å². The molecule has 0 aliphatic rings. The van der Waals surface area contributed by atoms with E-state index in [4.69, 9.17) is 21.7 Å². The molecule has 0 rings (SSSR count). The quantitative estimate of drug-likeness (QED) is 0.125. The van der Waals surface area contributed by atoms with Gasteiger partial charge in [0.2, 0.25) is 5.70 Å². The minimum absolute atomic E-state index is 0.00832. The standard InChI is InChI=1S/C17H22N2O3/c1-3-4-5-6-7-8-12-22-17(21)15(13-18)10-9-11-16(14-20)19-2/h9-11,14,20H,3-8,12H2,1H3. The van der Waals surface area contributed by atoms with E-state index in [0.29, 0.717) is 12.9 Å². The summed E-state index contributed by atoms with van der Waals surface area (Å²) in [6, 6.07) is 1.76. The van der Waals surface area contributed by atoms with Crippen LogP contribution in [0.15, 0.2) is 35.8 Å². The number of hydrogen-bond acceptors (Lipinski definition) is 4. The van der Waals surface area contributed by atoms with E-state index < -0.39 is 5.97 Å². The zero-order valence-corrected chi connectivity index (χ0v) is 12.9. The Balaban J connectivity index is 4.16. The van der Waals surface area contributed by atoms with Gasteiger partial charge in [0.1, 0.15) is 11.6 Å². The molecule has 0 spiro atoms. The molecule has 0 radical (unpaired) electrons. The first-order chi connectivity index (χ1) is 10.7. The largest absolute Gasteiger partial charge is 0.527 e. The van der Waals surface area contributed by atoms with E-state index in [1.165, 1.54) is 37.5 Å². The van der Waals surface area contributed by atoms with Crippen molar-refractivity contribution >= 4 is 5.97 Å². The fourth-order valence-corrected chi connectivity index (χ4v) is 1.63. The van der Waals surface area contributed by atoms with Gasteiger partial charge in [0.15, 0.2) is 0 Å². The molecular weight excluding hydrogens is 280 g/mol. The number of rotatable bonds is 10. The summed E-state index contributed by atoms with van der Waals surface area (Å²) < 4.78 is 5.02. The average Bonchev–Trinajstić information content (AvgIpc) is 2.54. The van der Waals surface area contributed by atoms with Gasteiger partial charge in [0, 0.05) is 0 Å². The summed E-state index contributed by atoms with van der Waals surface area (Å²) in [6.07, 6.45) is 11.1. The number of aliphatic hydroxyl groups excluding tert-OH is 1. The number of esters is 1. The Morgan fingerprint density at radius 1 is 1.32 bits per heavy atom. The lowest BCUT2D eigenvalue weighted by atomic mass is 10.1. The second-order valence-electron chi connectivity index (χ2n) is 4.62. The first-order valence-corrected chi connectivity index (χ1v) is 7.37. The zero-order chi connectivity index (χ0) is 16.6. The normalized spacial score (nSPS) is 12.0. The zero-order valence-electron chi connectivity index (χ0n) is 12.9. The van der Waals surface area contributed by atoms with Gasteiger partial charge in [-0.05, 0) is 12.5 Å². The maximum absolute atomic E-state index is 11.7. The molecule has 0 atom stereocenters. The van der Waals surface area contributed by atoms with Gasteiger partial charge in [0.05, 0.1) is 19.4 Å². The van der Waals surface area contributed by atoms with Crippen LogP contribution in [0.5, 0.6) is 0 Å². The molecule has 0 heterocycles. The first-order valence-electron chi connectivity index (χ1n) is 7.37. The summed E-state index contributed by atoms with van der Waals surface area (Å²) in [5.74, 6) is -0.668. The molecule has 0 fully saturated rings. The number of nitrogens with zero attached hydrogens (tertiary/aromatic N) is 2. The summed E-state index contributed by atoms with van der Waals surface area (Å²) >= 11 is 0. The minimum Gasteiger partial charge on any atom is -0.527 e. The maximum atomic E-state index is 11.7. The third-order valence-electron chi connectivity index (χ3n) is 2.86. The van der Waals surface area contributed by atoms with E-state index in [-0.39, 0.29) is 11.3 Å². The molecule has 0 amide bonds. The molecule has 0 saturated carbocycles. The van der Waals surface area contributed by atoms with Gasteiger partial charge >= 0.3 is 5.97 Å². The van der Waals surface area contributed by atoms with E-state index in [1.807, 2.05) is 0 Å². The van der Waals surface area contributed by atoms with Crippen molar-refractivity contribution in [1.29, 1.82) is 5.26 Å². The van der Waals surface area contributed by atoms with Crippen molar-refractivity contribution in [3.05, 3.63) is 47.2 Å². The molecule has 0 aliphatic heterocycles. The van der Waals surface area contributed by atoms with Crippen LogP contribution in [0.3, 0.4) is 0 Å². The molecule has 22 heavy (non-hydrogen) atoms. The number of carbonyl (C=O) groups is 1. The molecule has 118 valence electrons. The summed E-state index contributed by atoms with van der Waals surface area (Å²) in [4.78, 5) is 14.7. The first kappa shape index (κ1) is 19.5. The molecule has 5 nitrogen and oxygen atoms in total. The number of ether oxygens (including phenoxy) is 1. The third kappa shape index (κ3) is 9.39. The van der Waals surface area contributed by atoms with Crippen LogP contribution >= 0.6 is 0 Å². The maximum Gasteiger partial charge on any atom is 0.348 e. The second-order valence-corrected chi connectivity index (χ2v) is 4.62. The molecule has 0 aromatic rings. The molecule has 0 bridgehead atoms. The van der Waals surface area contributed by atoms with Crippen molar-refractivity contribution in [1.82, 2.24) is 0 Å². The molecule has 0 aromatic carbocycles. The molecule has 0 aliphatic carbocycles. The van der Waals surface area contributed by atoms with Crippen molar-refractivity contribution < 1.29 is 14.6 Å². The van der Waals surface area contributed by atoms with Crippen molar-refractivity contribution in [3.63, 3.8) is 0 Å². The van der Waals surface area contributed by atoms with E-state index in [1.54, 1.807) is 6.07 Å². The Morgan fingerprint density at radius 3 is 2.59 bits per heavy atom. The summed E-state index contributed by atoms with van der Waals surface area (Å²) in [7, 11) is 0. The molecule has 0 unspecified atom stereocenters. The highest BCUT2D eigenvalue weighted by molar-refractivity contribution is 5.93. The van der Waals surface area contributed by atoms with Crippen LogP contribution < -0.4 is 0 Å². The highest BCUT2D eigenvalue weighted by Gasteiger charge is 2.08. The van der Waals surface area contributed by atoms with Crippen molar-refractivity contribution in [3.8, 4) is 6.07 Å². The summed E-state index contributed by atoms with van der Waals surface area (Å²) in [6.45, 7) is 9.18. The van der Waals surface area contributed by atoms with Crippen LogP contribution in [-0.2, 0) is 9.53 Å². The fraction of sp³-hybridized carbons (Fsp3) is 0.471. The summed E-state index contributed by atoms with van der Waals surface area (Å²) in [5.41, 5.74) is -0.126. The van der Waals surface area contributed by atoms with Gasteiger partial charge in [-0.25, -0.2) is 9.64 Å². The van der Waals surface area contributed by atoms with Gasteiger partial charge in [0.25, 0.3) is 0 Å². The van der Waals surface area contributed by atoms with Gasteiger partial charge in [-0.3, -0.25) is 0 Å². The number of hydrogen-bond donors (Lipinski definition) is 1. The molecular formula is C17H22N2O3. The van der Waals surface area contributed by atoms with Gasteiger partial charge < -0.3 is 9.84 Å². The average molecular weight is 302 g/mol. The molecule has 1 N–H and O–H groups in total. The number of unbranched alkanes of at least 4 members (excludes halogenated alkanes) is 5. The van der Waals surface area contributed by atoms with E-state index in [2.05, 4.69) is 11.8 Å². The SMILES string of the molecule is [C-]#[N+]C(C=CC=C(C#N)C(=O)OCCCCCCCC)=CO.